The summed E-state index contributed by atoms with van der Waals surface area (Å²) in [5.41, 5.74) is 0.687. The van der Waals surface area contributed by atoms with Gasteiger partial charge >= 0.3 is 0 Å². The molecule has 2 aromatic rings. The van der Waals surface area contributed by atoms with Gasteiger partial charge in [0.1, 0.15) is 10.7 Å². The number of carbonyl (C=O) groups is 1. The third-order valence-corrected chi connectivity index (χ3v) is 5.86. The first-order valence-corrected chi connectivity index (χ1v) is 10.5. The van der Waals surface area contributed by atoms with Crippen molar-refractivity contribution >= 4 is 32.9 Å². The maximum atomic E-state index is 12.1. The number of amides is 1. The molecule has 0 unspecified atom stereocenters. The Morgan fingerprint density at radius 2 is 2.08 bits per heavy atom. The molecule has 0 radical (unpaired) electrons. The van der Waals surface area contributed by atoms with Crippen molar-refractivity contribution in [2.75, 3.05) is 24.2 Å². The van der Waals surface area contributed by atoms with Crippen LogP contribution in [0.5, 0.6) is 0 Å². The molecule has 2 aromatic heterocycles. The lowest BCUT2D eigenvalue weighted by molar-refractivity contribution is 0.0931. The van der Waals surface area contributed by atoms with Gasteiger partial charge < -0.3 is 10.2 Å². The van der Waals surface area contributed by atoms with E-state index in [1.807, 2.05) is 15.7 Å². The van der Waals surface area contributed by atoms with E-state index in [0.29, 0.717) is 24.5 Å². The Bertz CT molecular complexity index is 811. The normalized spacial score (nSPS) is 16.1. The minimum Gasteiger partial charge on any atom is -0.355 e. The molecule has 1 saturated heterocycles. The third-order valence-electron chi connectivity index (χ3n) is 4.06. The molecule has 0 atom stereocenters. The number of pyridine rings is 1. The Morgan fingerprint density at radius 3 is 2.71 bits per heavy atom. The lowest BCUT2D eigenvalue weighted by Gasteiger charge is -2.33. The third kappa shape index (κ3) is 3.76. The summed E-state index contributed by atoms with van der Waals surface area (Å²) in [7, 11) is -3.32. The molecular weight excluding hydrogens is 346 g/mol. The largest absolute Gasteiger partial charge is 0.355 e. The van der Waals surface area contributed by atoms with Crippen LogP contribution in [0.3, 0.4) is 0 Å². The summed E-state index contributed by atoms with van der Waals surface area (Å²) in [5.74, 6) is 0.451. The van der Waals surface area contributed by atoms with Crippen LogP contribution in [0.4, 0.5) is 5.82 Å². The summed E-state index contributed by atoms with van der Waals surface area (Å²) in [4.78, 5) is 18.6. The Morgan fingerprint density at radius 1 is 1.33 bits per heavy atom. The number of carbonyl (C=O) groups excluding carboxylic acids is 1. The van der Waals surface area contributed by atoms with Gasteiger partial charge in [0.05, 0.1) is 0 Å². The molecule has 6 nitrogen and oxygen atoms in total. The fourth-order valence-electron chi connectivity index (χ4n) is 2.81. The van der Waals surface area contributed by atoms with Crippen molar-refractivity contribution in [1.82, 2.24) is 10.3 Å². The molecular formula is C16H19N3O3S2. The topological polar surface area (TPSA) is 79.4 Å². The summed E-state index contributed by atoms with van der Waals surface area (Å²) in [6.07, 6.45) is 4.32. The van der Waals surface area contributed by atoms with Crippen molar-refractivity contribution in [3.63, 3.8) is 0 Å². The summed E-state index contributed by atoms with van der Waals surface area (Å²) in [6.45, 7) is 1.32. The summed E-state index contributed by atoms with van der Waals surface area (Å²) < 4.78 is 23.8. The van der Waals surface area contributed by atoms with Crippen molar-refractivity contribution in [2.45, 2.75) is 23.8 Å². The Labute approximate surface area is 145 Å². The van der Waals surface area contributed by atoms with Crippen LogP contribution in [-0.4, -0.2) is 44.7 Å². The minimum absolute atomic E-state index is 0.0515. The van der Waals surface area contributed by atoms with E-state index < -0.39 is 9.84 Å². The van der Waals surface area contributed by atoms with Crippen molar-refractivity contribution < 1.29 is 13.2 Å². The van der Waals surface area contributed by atoms with Gasteiger partial charge in [0, 0.05) is 42.5 Å². The molecule has 1 aliphatic rings. The quantitative estimate of drug-likeness (QED) is 0.896. The zero-order valence-electron chi connectivity index (χ0n) is 13.3. The number of thiophene rings is 1. The number of sulfone groups is 1. The molecule has 0 spiro atoms. The molecule has 3 rings (SSSR count). The van der Waals surface area contributed by atoms with E-state index in [2.05, 4.69) is 10.3 Å². The van der Waals surface area contributed by atoms with Gasteiger partial charge in [-0.2, -0.15) is 11.3 Å². The van der Waals surface area contributed by atoms with Crippen LogP contribution in [0, 0.1) is 0 Å². The molecule has 1 amide bonds. The van der Waals surface area contributed by atoms with E-state index in [0.717, 1.165) is 12.8 Å². The Kier molecular flexibility index (Phi) is 4.86. The summed E-state index contributed by atoms with van der Waals surface area (Å²) in [6, 6.07) is 5.12. The van der Waals surface area contributed by atoms with Crippen molar-refractivity contribution in [3.05, 3.63) is 40.7 Å². The first-order chi connectivity index (χ1) is 11.4. The van der Waals surface area contributed by atoms with Gasteiger partial charge in [-0.25, -0.2) is 13.4 Å². The highest BCUT2D eigenvalue weighted by Crippen LogP contribution is 2.25. The molecule has 8 heteroatoms. The lowest BCUT2D eigenvalue weighted by atomic mass is 10.0. The van der Waals surface area contributed by atoms with Gasteiger partial charge in [-0.3, -0.25) is 4.79 Å². The number of aromatic nitrogens is 1. The number of piperidine rings is 1. The van der Waals surface area contributed by atoms with Gasteiger partial charge in [-0.1, -0.05) is 0 Å². The molecule has 1 N–H and O–H groups in total. The van der Waals surface area contributed by atoms with Crippen LogP contribution >= 0.6 is 11.3 Å². The number of anilines is 1. The van der Waals surface area contributed by atoms with Gasteiger partial charge in [-0.15, -0.1) is 0 Å². The zero-order valence-corrected chi connectivity index (χ0v) is 14.9. The van der Waals surface area contributed by atoms with Gasteiger partial charge in [-0.05, 0) is 36.4 Å². The lowest BCUT2D eigenvalue weighted by Crippen LogP contribution is -2.45. The second-order valence-electron chi connectivity index (χ2n) is 5.84. The van der Waals surface area contributed by atoms with Crippen LogP contribution in [0.2, 0.25) is 0 Å². The van der Waals surface area contributed by atoms with Gasteiger partial charge in [0.25, 0.3) is 5.91 Å². The maximum absolute atomic E-state index is 12.1. The van der Waals surface area contributed by atoms with Crippen LogP contribution < -0.4 is 10.2 Å². The predicted molar refractivity (Wildman–Crippen MR) is 94.4 cm³/mol. The number of hydrogen-bond acceptors (Lipinski definition) is 6. The maximum Gasteiger partial charge on any atom is 0.252 e. The van der Waals surface area contributed by atoms with Crippen molar-refractivity contribution in [2.24, 2.45) is 0 Å². The van der Waals surface area contributed by atoms with Gasteiger partial charge in [0.15, 0.2) is 9.84 Å². The van der Waals surface area contributed by atoms with Gasteiger partial charge in [0.2, 0.25) is 0 Å². The molecule has 0 saturated carbocycles. The molecule has 24 heavy (non-hydrogen) atoms. The number of rotatable bonds is 4. The van der Waals surface area contributed by atoms with E-state index in [-0.39, 0.29) is 16.8 Å². The molecule has 1 fully saturated rings. The highest BCUT2D eigenvalue weighted by atomic mass is 32.2. The van der Waals surface area contributed by atoms with Crippen molar-refractivity contribution in [3.8, 4) is 0 Å². The smallest absolute Gasteiger partial charge is 0.252 e. The zero-order chi connectivity index (χ0) is 17.2. The monoisotopic (exact) mass is 365 g/mol. The molecule has 0 bridgehead atoms. The second-order valence-corrected chi connectivity index (χ2v) is 8.61. The highest BCUT2D eigenvalue weighted by Gasteiger charge is 2.25. The molecule has 1 aliphatic heterocycles. The Hall–Kier alpha value is -1.93. The SMILES string of the molecule is CS(=O)(=O)c1cccnc1N1CCC(NC(=O)c2ccsc2)CC1. The van der Waals surface area contributed by atoms with E-state index in [1.165, 1.54) is 17.6 Å². The van der Waals surface area contributed by atoms with Crippen molar-refractivity contribution in [1.29, 1.82) is 0 Å². The van der Waals surface area contributed by atoms with E-state index in [9.17, 15) is 13.2 Å². The van der Waals surface area contributed by atoms with Crippen LogP contribution in [0.25, 0.3) is 0 Å². The fraction of sp³-hybridized carbons (Fsp3) is 0.375. The first kappa shape index (κ1) is 16.9. The molecule has 128 valence electrons. The molecule has 3 heterocycles. The second kappa shape index (κ2) is 6.90. The van der Waals surface area contributed by atoms with Crippen LogP contribution in [0.15, 0.2) is 40.1 Å². The average molecular weight is 365 g/mol. The number of hydrogen-bond donors (Lipinski definition) is 1. The minimum atomic E-state index is -3.32. The van der Waals surface area contributed by atoms with E-state index >= 15 is 0 Å². The summed E-state index contributed by atoms with van der Waals surface area (Å²) in [5, 5.41) is 6.75. The molecule has 0 aromatic carbocycles. The Balaban J connectivity index is 1.65. The fourth-order valence-corrected chi connectivity index (χ4v) is 4.28. The van der Waals surface area contributed by atoms with E-state index in [4.69, 9.17) is 0 Å². The van der Waals surface area contributed by atoms with E-state index in [1.54, 1.807) is 24.4 Å². The predicted octanol–water partition coefficient (Wildman–Crippen LogP) is 1.95. The summed E-state index contributed by atoms with van der Waals surface area (Å²) >= 11 is 1.50. The number of nitrogens with zero attached hydrogens (tertiary/aromatic N) is 2. The van der Waals surface area contributed by atoms with Crippen LogP contribution in [-0.2, 0) is 9.84 Å². The highest BCUT2D eigenvalue weighted by molar-refractivity contribution is 7.90. The molecule has 0 aliphatic carbocycles. The first-order valence-electron chi connectivity index (χ1n) is 7.68. The average Bonchev–Trinajstić information content (AvgIpc) is 3.09. The standard InChI is InChI=1S/C16H19N3O3S2/c1-24(21,22)14-3-2-7-17-15(14)19-8-4-13(5-9-19)18-16(20)12-6-10-23-11-12/h2-3,6-7,10-11,13H,4-5,8-9H2,1H3,(H,18,20). The number of nitrogens with one attached hydrogen (secondary N) is 1. The van der Waals surface area contributed by atoms with Crippen LogP contribution in [0.1, 0.15) is 23.2 Å².